The summed E-state index contributed by atoms with van der Waals surface area (Å²) >= 11 is 4.16. The molecule has 1 atom stereocenters. The largest absolute Gasteiger partial charge is 0.313 e. The van der Waals surface area contributed by atoms with Gasteiger partial charge in [-0.1, -0.05) is 30.3 Å². The van der Waals surface area contributed by atoms with Crippen LogP contribution in [-0.2, 0) is 6.42 Å². The maximum atomic E-state index is 4.16. The van der Waals surface area contributed by atoms with E-state index in [4.69, 9.17) is 0 Å². The van der Waals surface area contributed by atoms with Crippen LogP contribution in [0.4, 0.5) is 0 Å². The van der Waals surface area contributed by atoms with Gasteiger partial charge in [-0.3, -0.25) is 0 Å². The summed E-state index contributed by atoms with van der Waals surface area (Å²) in [5, 5.41) is 3.40. The number of hydrogen-bond donors (Lipinski definition) is 2. The lowest BCUT2D eigenvalue weighted by atomic mass is 10.1. The van der Waals surface area contributed by atoms with Gasteiger partial charge in [0.2, 0.25) is 0 Å². The van der Waals surface area contributed by atoms with Crippen LogP contribution in [0.15, 0.2) is 30.3 Å². The molecule has 0 saturated carbocycles. The second-order valence-corrected chi connectivity index (χ2v) is 3.72. The second kappa shape index (κ2) is 8.16. The molecule has 0 spiro atoms. The minimum atomic E-state index is 0. The lowest BCUT2D eigenvalue weighted by Crippen LogP contribution is -2.29. The summed E-state index contributed by atoms with van der Waals surface area (Å²) in [5.41, 5.74) is 1.39. The summed E-state index contributed by atoms with van der Waals surface area (Å²) in [4.78, 5) is 0. The minimum absolute atomic E-state index is 0. The van der Waals surface area contributed by atoms with Gasteiger partial charge in [0.1, 0.15) is 0 Å². The third-order valence-electron chi connectivity index (χ3n) is 1.99. The third kappa shape index (κ3) is 5.53. The number of rotatable bonds is 5. The van der Waals surface area contributed by atoms with Crippen LogP contribution in [0.2, 0.25) is 0 Å². The van der Waals surface area contributed by atoms with Crippen LogP contribution in [0.1, 0.15) is 12.5 Å². The minimum Gasteiger partial charge on any atom is -0.313 e. The highest BCUT2D eigenvalue weighted by molar-refractivity contribution is 7.80. The van der Waals surface area contributed by atoms with Crippen molar-refractivity contribution in [1.29, 1.82) is 0 Å². The van der Waals surface area contributed by atoms with Gasteiger partial charge < -0.3 is 5.32 Å². The normalized spacial score (nSPS) is 11.9. The van der Waals surface area contributed by atoms with E-state index in [-0.39, 0.29) is 12.4 Å². The SMILES string of the molecule is CC(Cc1ccccc1)NCCS.Cl. The van der Waals surface area contributed by atoms with Crippen LogP contribution >= 0.6 is 25.0 Å². The molecule has 0 aromatic heterocycles. The summed E-state index contributed by atoms with van der Waals surface area (Å²) in [5.74, 6) is 0.902. The molecule has 1 aromatic carbocycles. The van der Waals surface area contributed by atoms with E-state index in [0.717, 1.165) is 18.7 Å². The molecule has 0 aliphatic carbocycles. The van der Waals surface area contributed by atoms with E-state index in [9.17, 15) is 0 Å². The molecule has 0 saturated heterocycles. The molecule has 14 heavy (non-hydrogen) atoms. The van der Waals surface area contributed by atoms with Crippen molar-refractivity contribution in [3.63, 3.8) is 0 Å². The van der Waals surface area contributed by atoms with E-state index in [2.05, 4.69) is 55.2 Å². The first-order valence-electron chi connectivity index (χ1n) is 4.71. The van der Waals surface area contributed by atoms with Crippen molar-refractivity contribution in [1.82, 2.24) is 5.32 Å². The summed E-state index contributed by atoms with van der Waals surface area (Å²) in [6.45, 7) is 3.19. The Balaban J connectivity index is 0.00000169. The number of hydrogen-bond acceptors (Lipinski definition) is 2. The standard InChI is InChI=1S/C11H17NS.ClH/c1-10(12-7-8-13)9-11-5-3-2-4-6-11;/h2-6,10,12-13H,7-9H2,1H3;1H. The maximum absolute atomic E-state index is 4.16. The fourth-order valence-corrected chi connectivity index (χ4v) is 1.48. The summed E-state index contributed by atoms with van der Waals surface area (Å²) in [6.07, 6.45) is 1.09. The van der Waals surface area contributed by atoms with E-state index in [0.29, 0.717) is 6.04 Å². The molecule has 0 fully saturated rings. The smallest absolute Gasteiger partial charge is 0.00794 e. The van der Waals surface area contributed by atoms with Gasteiger partial charge in [-0.2, -0.15) is 12.6 Å². The van der Waals surface area contributed by atoms with Crippen molar-refractivity contribution in [2.24, 2.45) is 0 Å². The van der Waals surface area contributed by atoms with Gasteiger partial charge in [0.05, 0.1) is 0 Å². The molecule has 0 amide bonds. The average Bonchev–Trinajstić information content (AvgIpc) is 2.16. The van der Waals surface area contributed by atoms with Crippen LogP contribution in [0.25, 0.3) is 0 Å². The highest BCUT2D eigenvalue weighted by atomic mass is 35.5. The molecule has 1 nitrogen and oxygen atoms in total. The Hall–Kier alpha value is -0.180. The molecular weight excluding hydrogens is 214 g/mol. The lowest BCUT2D eigenvalue weighted by molar-refractivity contribution is 0.568. The Kier molecular flexibility index (Phi) is 8.05. The van der Waals surface area contributed by atoms with E-state index in [1.807, 2.05) is 0 Å². The van der Waals surface area contributed by atoms with Gasteiger partial charge in [-0.15, -0.1) is 12.4 Å². The first-order valence-corrected chi connectivity index (χ1v) is 5.34. The predicted octanol–water partition coefficient (Wildman–Crippen LogP) is 2.56. The highest BCUT2D eigenvalue weighted by Crippen LogP contribution is 2.02. The molecule has 80 valence electrons. The van der Waals surface area contributed by atoms with Crippen LogP contribution < -0.4 is 5.32 Å². The number of benzene rings is 1. The summed E-state index contributed by atoms with van der Waals surface area (Å²) < 4.78 is 0. The van der Waals surface area contributed by atoms with Gasteiger partial charge in [0.25, 0.3) is 0 Å². The molecule has 1 aromatic rings. The zero-order valence-corrected chi connectivity index (χ0v) is 10.2. The van der Waals surface area contributed by atoms with Crippen molar-refractivity contribution >= 4 is 25.0 Å². The van der Waals surface area contributed by atoms with Crippen molar-refractivity contribution in [3.8, 4) is 0 Å². The Morgan fingerprint density at radius 1 is 1.29 bits per heavy atom. The monoisotopic (exact) mass is 231 g/mol. The number of nitrogens with one attached hydrogen (secondary N) is 1. The van der Waals surface area contributed by atoms with Crippen molar-refractivity contribution < 1.29 is 0 Å². The van der Waals surface area contributed by atoms with Gasteiger partial charge in [0, 0.05) is 18.3 Å². The molecule has 1 unspecified atom stereocenters. The number of halogens is 1. The highest BCUT2D eigenvalue weighted by Gasteiger charge is 2.00. The van der Waals surface area contributed by atoms with E-state index >= 15 is 0 Å². The first-order chi connectivity index (χ1) is 6.33. The van der Waals surface area contributed by atoms with Gasteiger partial charge >= 0.3 is 0 Å². The Bertz CT molecular complexity index is 228. The predicted molar refractivity (Wildman–Crippen MR) is 68.7 cm³/mol. The summed E-state index contributed by atoms with van der Waals surface area (Å²) in [7, 11) is 0. The van der Waals surface area contributed by atoms with Crippen LogP contribution in [0.5, 0.6) is 0 Å². The van der Waals surface area contributed by atoms with Crippen molar-refractivity contribution in [3.05, 3.63) is 35.9 Å². The zero-order chi connectivity index (χ0) is 9.52. The number of thiol groups is 1. The molecule has 1 rings (SSSR count). The fourth-order valence-electron chi connectivity index (χ4n) is 1.35. The van der Waals surface area contributed by atoms with Crippen LogP contribution in [0, 0.1) is 0 Å². The van der Waals surface area contributed by atoms with Gasteiger partial charge in [-0.25, -0.2) is 0 Å². The maximum Gasteiger partial charge on any atom is 0.00794 e. The first kappa shape index (κ1) is 13.8. The lowest BCUT2D eigenvalue weighted by Gasteiger charge is -2.12. The second-order valence-electron chi connectivity index (χ2n) is 3.27. The Morgan fingerprint density at radius 3 is 2.50 bits per heavy atom. The van der Waals surface area contributed by atoms with E-state index in [1.165, 1.54) is 5.56 Å². The molecule has 0 bridgehead atoms. The molecule has 3 heteroatoms. The molecule has 0 aliphatic rings. The topological polar surface area (TPSA) is 12.0 Å². The fraction of sp³-hybridized carbons (Fsp3) is 0.455. The van der Waals surface area contributed by atoms with Crippen molar-refractivity contribution in [2.45, 2.75) is 19.4 Å². The van der Waals surface area contributed by atoms with E-state index in [1.54, 1.807) is 0 Å². The van der Waals surface area contributed by atoms with Gasteiger partial charge in [-0.05, 0) is 18.9 Å². The summed E-state index contributed by atoms with van der Waals surface area (Å²) in [6, 6.07) is 11.1. The third-order valence-corrected chi connectivity index (χ3v) is 2.21. The quantitative estimate of drug-likeness (QED) is 0.743. The zero-order valence-electron chi connectivity index (χ0n) is 8.44. The molecule has 0 radical (unpaired) electrons. The molecule has 1 N–H and O–H groups in total. The Morgan fingerprint density at radius 2 is 1.93 bits per heavy atom. The molecule has 0 heterocycles. The molecular formula is C11H18ClNS. The molecule has 0 aliphatic heterocycles. The van der Waals surface area contributed by atoms with Crippen LogP contribution in [-0.4, -0.2) is 18.3 Å². The van der Waals surface area contributed by atoms with E-state index < -0.39 is 0 Å². The average molecular weight is 232 g/mol. The Labute approximate surface area is 98.1 Å². The van der Waals surface area contributed by atoms with Gasteiger partial charge in [0.15, 0.2) is 0 Å². The van der Waals surface area contributed by atoms with Crippen LogP contribution in [0.3, 0.4) is 0 Å². The van der Waals surface area contributed by atoms with Crippen molar-refractivity contribution in [2.75, 3.05) is 12.3 Å².